The summed E-state index contributed by atoms with van der Waals surface area (Å²) in [5.41, 5.74) is -1.72. The van der Waals surface area contributed by atoms with Crippen molar-refractivity contribution < 1.29 is 43.7 Å². The second-order valence-electron chi connectivity index (χ2n) is 11.7. The quantitative estimate of drug-likeness (QED) is 0.142. The van der Waals surface area contributed by atoms with Gasteiger partial charge in [-0.15, -0.1) is 5.10 Å². The van der Waals surface area contributed by atoms with Crippen LogP contribution in [-0.4, -0.2) is 91.7 Å². The van der Waals surface area contributed by atoms with Crippen molar-refractivity contribution in [2.24, 2.45) is 0 Å². The van der Waals surface area contributed by atoms with E-state index in [0.29, 0.717) is 18.4 Å². The first-order valence-electron chi connectivity index (χ1n) is 14.3. The lowest BCUT2D eigenvalue weighted by molar-refractivity contribution is -0.146. The smallest absolute Gasteiger partial charge is 0.407 e. The number of aliphatic carboxylic acids is 2. The first-order chi connectivity index (χ1) is 21.0. The number of aromatic nitrogens is 3. The number of hydrogen-bond acceptors (Lipinski definition) is 9. The van der Waals surface area contributed by atoms with Gasteiger partial charge in [-0.25, -0.2) is 14.3 Å². The third-order valence-corrected chi connectivity index (χ3v) is 6.36. The maximum absolute atomic E-state index is 13.5. The summed E-state index contributed by atoms with van der Waals surface area (Å²) in [5, 5.41) is 36.0. The predicted molar refractivity (Wildman–Crippen MR) is 159 cm³/mol. The van der Waals surface area contributed by atoms with Gasteiger partial charge in [0.1, 0.15) is 24.2 Å². The van der Waals surface area contributed by atoms with E-state index in [2.05, 4.69) is 31.6 Å². The van der Waals surface area contributed by atoms with Crippen molar-refractivity contribution in [2.75, 3.05) is 13.1 Å². The Bertz CT molecular complexity index is 1350. The number of ether oxygens (including phenoxy) is 1. The topological polar surface area (TPSA) is 231 Å². The number of nitrogens with one attached hydrogen (secondary N) is 4. The van der Waals surface area contributed by atoms with E-state index >= 15 is 0 Å². The fourth-order valence-corrected chi connectivity index (χ4v) is 3.84. The van der Waals surface area contributed by atoms with Crippen LogP contribution in [0.15, 0.2) is 36.5 Å². The fourth-order valence-electron chi connectivity index (χ4n) is 3.84. The Morgan fingerprint density at radius 2 is 1.56 bits per heavy atom. The molecule has 16 heteroatoms. The number of nitrogens with zero attached hydrogens (tertiary/aromatic N) is 3. The van der Waals surface area contributed by atoms with Crippen LogP contribution in [0.1, 0.15) is 69.9 Å². The Morgan fingerprint density at radius 3 is 2.16 bits per heavy atom. The zero-order valence-corrected chi connectivity index (χ0v) is 26.0. The Hall–Kier alpha value is -5.02. The fraction of sp³-hybridized carbons (Fsp3) is 0.517. The van der Waals surface area contributed by atoms with E-state index in [1.807, 2.05) is 0 Å². The molecule has 6 N–H and O–H groups in total. The highest BCUT2D eigenvalue weighted by Crippen LogP contribution is 2.14. The molecule has 45 heavy (non-hydrogen) atoms. The molecule has 0 aliphatic heterocycles. The van der Waals surface area contributed by atoms with Gasteiger partial charge in [0.05, 0.1) is 6.20 Å². The first-order valence-corrected chi connectivity index (χ1v) is 14.3. The van der Waals surface area contributed by atoms with E-state index < -0.39 is 65.5 Å². The number of hydrogen-bond donors (Lipinski definition) is 6. The average Bonchev–Trinajstić information content (AvgIpc) is 3.46. The lowest BCUT2D eigenvalue weighted by Crippen LogP contribution is -2.55. The van der Waals surface area contributed by atoms with Crippen LogP contribution in [0.3, 0.4) is 0 Å². The number of benzene rings is 1. The molecule has 0 fully saturated rings. The summed E-state index contributed by atoms with van der Waals surface area (Å²) in [6.07, 6.45) is 1.42. The lowest BCUT2D eigenvalue weighted by atomic mass is 10.0. The van der Waals surface area contributed by atoms with E-state index in [1.54, 1.807) is 51.1 Å². The highest BCUT2D eigenvalue weighted by molar-refractivity contribution is 5.97. The molecule has 0 saturated carbocycles. The van der Waals surface area contributed by atoms with Crippen molar-refractivity contribution in [1.82, 2.24) is 36.3 Å². The molecule has 2 rings (SSSR count). The van der Waals surface area contributed by atoms with Gasteiger partial charge in [-0.1, -0.05) is 35.5 Å². The number of carboxylic acid groups (broad SMARTS) is 2. The Morgan fingerprint density at radius 1 is 0.889 bits per heavy atom. The highest BCUT2D eigenvalue weighted by atomic mass is 16.6. The van der Waals surface area contributed by atoms with Gasteiger partial charge in [-0.3, -0.25) is 19.2 Å². The van der Waals surface area contributed by atoms with Crippen LogP contribution >= 0.6 is 0 Å². The first kappa shape index (κ1) is 36.2. The van der Waals surface area contributed by atoms with Gasteiger partial charge in [-0.2, -0.15) is 0 Å². The van der Waals surface area contributed by atoms with Crippen molar-refractivity contribution in [1.29, 1.82) is 0 Å². The van der Waals surface area contributed by atoms with E-state index in [9.17, 15) is 33.9 Å². The number of rotatable bonds is 16. The van der Waals surface area contributed by atoms with Crippen LogP contribution < -0.4 is 21.3 Å². The van der Waals surface area contributed by atoms with Gasteiger partial charge >= 0.3 is 18.0 Å². The van der Waals surface area contributed by atoms with Crippen LogP contribution in [0.4, 0.5) is 4.79 Å². The summed E-state index contributed by atoms with van der Waals surface area (Å²) in [7, 11) is 0. The molecule has 0 bridgehead atoms. The molecule has 4 amide bonds. The summed E-state index contributed by atoms with van der Waals surface area (Å²) in [4.78, 5) is 74.0. The van der Waals surface area contributed by atoms with Crippen LogP contribution in [0.5, 0.6) is 0 Å². The molecular formula is C29H41N7O9. The standard InChI is InChI=1S/C29H41N7O9/c1-28(2,3)45-27(44)30-14-10-9-13-19(32-25(41)21-17-36(35-34-21)29(4,5)26(42)43)24(40)33-20(23(39)31-16-22(37)38)15-18-11-7-6-8-12-18/h6-8,11-12,17,19-20H,9-10,13-16H2,1-5H3,(H,30,44)(H,31,39)(H,32,41)(H,33,40)(H,37,38)(H,42,43)/t19-,20-/m0/s1. The van der Waals surface area contributed by atoms with Crippen LogP contribution in [0, 0.1) is 0 Å². The Kier molecular flexibility index (Phi) is 13.0. The highest BCUT2D eigenvalue weighted by Gasteiger charge is 2.33. The molecule has 1 aromatic heterocycles. The Balaban J connectivity index is 2.20. The summed E-state index contributed by atoms with van der Waals surface area (Å²) in [6, 6.07) is 6.38. The van der Waals surface area contributed by atoms with Crippen LogP contribution in [0.2, 0.25) is 0 Å². The molecular weight excluding hydrogens is 590 g/mol. The minimum Gasteiger partial charge on any atom is -0.480 e. The maximum atomic E-state index is 13.5. The van der Waals surface area contributed by atoms with Gasteiger partial charge < -0.3 is 36.2 Å². The van der Waals surface area contributed by atoms with Crippen molar-refractivity contribution in [3.05, 3.63) is 47.8 Å². The number of alkyl carbamates (subject to hydrolysis) is 1. The monoisotopic (exact) mass is 631 g/mol. The maximum Gasteiger partial charge on any atom is 0.407 e. The second kappa shape index (κ2) is 16.2. The number of unbranched alkanes of at least 4 members (excludes halogenated alkanes) is 1. The van der Waals surface area contributed by atoms with Gasteiger partial charge in [0, 0.05) is 13.0 Å². The number of amides is 4. The van der Waals surface area contributed by atoms with Crippen LogP contribution in [-0.2, 0) is 35.9 Å². The molecule has 0 saturated heterocycles. The minimum absolute atomic E-state index is 0.0388. The van der Waals surface area contributed by atoms with Crippen molar-refractivity contribution >= 4 is 35.8 Å². The minimum atomic E-state index is -1.50. The van der Waals surface area contributed by atoms with Crippen molar-refractivity contribution in [3.63, 3.8) is 0 Å². The van der Waals surface area contributed by atoms with Crippen molar-refractivity contribution in [3.8, 4) is 0 Å². The molecule has 1 heterocycles. The van der Waals surface area contributed by atoms with Crippen molar-refractivity contribution in [2.45, 2.75) is 83.5 Å². The van der Waals surface area contributed by atoms with Gasteiger partial charge in [-0.05, 0) is 59.4 Å². The predicted octanol–water partition coefficient (Wildman–Crippen LogP) is 0.820. The average molecular weight is 632 g/mol. The van der Waals surface area contributed by atoms with Gasteiger partial charge in [0.25, 0.3) is 5.91 Å². The molecule has 246 valence electrons. The van der Waals surface area contributed by atoms with Gasteiger partial charge in [0.15, 0.2) is 11.2 Å². The van der Waals surface area contributed by atoms with E-state index in [-0.39, 0.29) is 25.1 Å². The number of carbonyl (C=O) groups is 6. The largest absolute Gasteiger partial charge is 0.480 e. The zero-order chi connectivity index (χ0) is 33.8. The molecule has 0 spiro atoms. The Labute approximate surface area is 260 Å². The molecule has 0 unspecified atom stereocenters. The molecule has 1 aromatic carbocycles. The number of carbonyl (C=O) groups excluding carboxylic acids is 4. The molecule has 0 aliphatic rings. The lowest BCUT2D eigenvalue weighted by Gasteiger charge is -2.23. The zero-order valence-electron chi connectivity index (χ0n) is 26.0. The summed E-state index contributed by atoms with van der Waals surface area (Å²) in [6.45, 7) is 7.49. The summed E-state index contributed by atoms with van der Waals surface area (Å²) >= 11 is 0. The summed E-state index contributed by atoms with van der Waals surface area (Å²) in [5.74, 6) is -4.75. The van der Waals surface area contributed by atoms with Crippen LogP contribution in [0.25, 0.3) is 0 Å². The molecule has 2 aromatic rings. The number of carboxylic acids is 2. The second-order valence-corrected chi connectivity index (χ2v) is 11.7. The molecule has 16 nitrogen and oxygen atoms in total. The molecule has 0 radical (unpaired) electrons. The normalized spacial score (nSPS) is 12.7. The molecule has 2 atom stereocenters. The third-order valence-electron chi connectivity index (χ3n) is 6.36. The van der Waals surface area contributed by atoms with E-state index in [0.717, 1.165) is 10.9 Å². The van der Waals surface area contributed by atoms with E-state index in [4.69, 9.17) is 9.84 Å². The van der Waals surface area contributed by atoms with E-state index in [1.165, 1.54) is 13.8 Å². The summed E-state index contributed by atoms with van der Waals surface area (Å²) < 4.78 is 6.20. The third kappa shape index (κ3) is 12.2. The molecule has 0 aliphatic carbocycles. The van der Waals surface area contributed by atoms with Gasteiger partial charge in [0.2, 0.25) is 11.8 Å². The SMILES string of the molecule is CC(C)(C)OC(=O)NCCCC[C@H](NC(=O)c1cn(C(C)(C)C(=O)O)nn1)C(=O)N[C@@H](Cc1ccccc1)C(=O)NCC(=O)O.